The van der Waals surface area contributed by atoms with E-state index in [1.807, 2.05) is 12.1 Å². The molecule has 16 heteroatoms. The van der Waals surface area contributed by atoms with E-state index in [0.717, 1.165) is 10.8 Å². The molecule has 0 spiro atoms. The number of carbonyl (C=O) groups excluding carboxylic acids is 2. The highest BCUT2D eigenvalue weighted by atomic mass is 35.5. The number of anilines is 4. The van der Waals surface area contributed by atoms with Crippen molar-refractivity contribution in [2.45, 2.75) is 9.79 Å². The minimum Gasteiger partial charge on any atom is -0.465 e. The maximum Gasteiger partial charge on any atom is 0.339 e. The van der Waals surface area contributed by atoms with E-state index in [4.69, 9.17) is 28.6 Å². The Morgan fingerprint density at radius 1 is 0.547 bits per heavy atom. The zero-order valence-corrected chi connectivity index (χ0v) is 31.0. The minimum atomic E-state index is -4.06. The van der Waals surface area contributed by atoms with Gasteiger partial charge in [0.2, 0.25) is 0 Å². The Labute approximate surface area is 315 Å². The van der Waals surface area contributed by atoms with Crippen LogP contribution in [0.3, 0.4) is 0 Å². The Balaban J connectivity index is 1.15. The predicted octanol–water partition coefficient (Wildman–Crippen LogP) is 7.63. The highest BCUT2D eigenvalue weighted by molar-refractivity contribution is 7.93. The molecule has 0 unspecified atom stereocenters. The molecule has 6 rings (SSSR count). The number of rotatable bonds is 10. The van der Waals surface area contributed by atoms with Crippen molar-refractivity contribution in [3.63, 3.8) is 0 Å². The summed E-state index contributed by atoms with van der Waals surface area (Å²) in [6, 6.07) is 30.1. The molecule has 6 aromatic rings. The van der Waals surface area contributed by atoms with E-state index in [1.54, 1.807) is 36.4 Å². The molecule has 0 fully saturated rings. The topological polar surface area (TPSA) is 169 Å². The number of thiocarbonyl (C=S) groups is 1. The summed E-state index contributed by atoms with van der Waals surface area (Å²) < 4.78 is 67.3. The van der Waals surface area contributed by atoms with E-state index in [1.165, 1.54) is 80.9 Å². The summed E-state index contributed by atoms with van der Waals surface area (Å²) in [6.45, 7) is 0. The smallest absolute Gasteiger partial charge is 0.339 e. The quantitative estimate of drug-likeness (QED) is 0.0796. The van der Waals surface area contributed by atoms with Gasteiger partial charge >= 0.3 is 11.9 Å². The Morgan fingerprint density at radius 3 is 1.51 bits per heavy atom. The van der Waals surface area contributed by atoms with Crippen LogP contribution in [0.2, 0.25) is 5.02 Å². The van der Waals surface area contributed by atoms with Crippen LogP contribution in [0.25, 0.3) is 21.5 Å². The molecule has 0 heterocycles. The zero-order valence-electron chi connectivity index (χ0n) is 27.8. The van der Waals surface area contributed by atoms with Crippen molar-refractivity contribution in [1.82, 2.24) is 0 Å². The zero-order chi connectivity index (χ0) is 37.9. The molecule has 0 bridgehead atoms. The number of hydrogen-bond donors (Lipinski definition) is 4. The van der Waals surface area contributed by atoms with Crippen LogP contribution in [0.15, 0.2) is 125 Å². The first-order valence-corrected chi connectivity index (χ1v) is 19.3. The van der Waals surface area contributed by atoms with Crippen molar-refractivity contribution in [2.24, 2.45) is 0 Å². The van der Waals surface area contributed by atoms with Crippen molar-refractivity contribution < 1.29 is 35.9 Å². The van der Waals surface area contributed by atoms with Crippen molar-refractivity contribution in [2.75, 3.05) is 34.3 Å². The van der Waals surface area contributed by atoms with Crippen LogP contribution in [0, 0.1) is 0 Å². The van der Waals surface area contributed by atoms with Crippen molar-refractivity contribution in [3.05, 3.63) is 131 Å². The molecule has 0 aliphatic heterocycles. The van der Waals surface area contributed by atoms with Gasteiger partial charge in [0.15, 0.2) is 5.11 Å². The van der Waals surface area contributed by atoms with Gasteiger partial charge in [-0.3, -0.25) is 9.44 Å². The van der Waals surface area contributed by atoms with E-state index >= 15 is 0 Å². The van der Waals surface area contributed by atoms with Crippen LogP contribution in [0.5, 0.6) is 0 Å². The minimum absolute atomic E-state index is 0.0124. The van der Waals surface area contributed by atoms with Gasteiger partial charge in [0.05, 0.1) is 40.2 Å². The molecule has 0 atom stereocenters. The average molecular weight is 789 g/mol. The van der Waals surface area contributed by atoms with Crippen LogP contribution in [-0.2, 0) is 29.5 Å². The van der Waals surface area contributed by atoms with E-state index in [2.05, 4.69) is 24.8 Å². The summed E-state index contributed by atoms with van der Waals surface area (Å²) in [5, 5.41) is 9.37. The summed E-state index contributed by atoms with van der Waals surface area (Å²) in [4.78, 5) is 23.7. The molecule has 0 aliphatic rings. The first kappa shape index (κ1) is 37.0. The number of halogens is 1. The predicted molar refractivity (Wildman–Crippen MR) is 210 cm³/mol. The molecule has 0 saturated carbocycles. The summed E-state index contributed by atoms with van der Waals surface area (Å²) in [6.07, 6.45) is 0. The number of benzene rings is 6. The van der Waals surface area contributed by atoms with Gasteiger partial charge < -0.3 is 20.1 Å². The Bertz CT molecular complexity index is 2650. The van der Waals surface area contributed by atoms with Crippen LogP contribution in [0.1, 0.15) is 20.7 Å². The summed E-state index contributed by atoms with van der Waals surface area (Å²) in [7, 11) is -5.56. The molecule has 0 radical (unpaired) electrons. The molecule has 0 aromatic heterocycles. The van der Waals surface area contributed by atoms with Crippen LogP contribution in [-0.4, -0.2) is 48.1 Å². The van der Waals surface area contributed by atoms with E-state index < -0.39 is 32.0 Å². The van der Waals surface area contributed by atoms with Gasteiger partial charge in [-0.05, 0) is 125 Å². The highest BCUT2D eigenvalue weighted by Gasteiger charge is 2.19. The van der Waals surface area contributed by atoms with E-state index in [9.17, 15) is 26.4 Å². The first-order valence-electron chi connectivity index (χ1n) is 15.5. The van der Waals surface area contributed by atoms with Crippen LogP contribution < -0.4 is 20.1 Å². The SMILES string of the molecule is COC(=O)c1ccc(NS(=O)(=O)c2ccc3ccc(NC(=S)Nc4ccc5ccc(S(=O)(=O)Nc6ccc(Cl)c(C(=O)OC)c6)cc5c4)cc3c2)cc1. The fraction of sp³-hybridized carbons (Fsp3) is 0.0541. The lowest BCUT2D eigenvalue weighted by molar-refractivity contribution is 0.0592. The van der Waals surface area contributed by atoms with E-state index in [0.29, 0.717) is 22.1 Å². The first-order chi connectivity index (χ1) is 25.2. The molecule has 0 saturated heterocycles. The lowest BCUT2D eigenvalue weighted by Crippen LogP contribution is -2.19. The molecule has 270 valence electrons. The molecule has 53 heavy (non-hydrogen) atoms. The van der Waals surface area contributed by atoms with Gasteiger partial charge in [0.1, 0.15) is 0 Å². The standard InChI is InChI=1S/C37H29ClN4O8S3/c1-49-35(43)24-5-9-27(10-6-24)41-52(45,46)31-14-7-22-3-11-28(17-25(22)19-31)39-37(51)40-29-12-4-23-8-15-32(20-26(23)18-29)53(47,48)42-30-13-16-34(38)33(21-30)36(44)50-2/h3-21,41-42H,1-2H3,(H2,39,40,51). The lowest BCUT2D eigenvalue weighted by atomic mass is 10.1. The molecular weight excluding hydrogens is 760 g/mol. The van der Waals surface area contributed by atoms with E-state index in [-0.39, 0.29) is 42.4 Å². The third-order valence-corrected chi connectivity index (χ3v) is 11.2. The Hall–Kier alpha value is -5.74. The van der Waals surface area contributed by atoms with Crippen LogP contribution >= 0.6 is 23.8 Å². The Morgan fingerprint density at radius 2 is 1.00 bits per heavy atom. The molecule has 6 aromatic carbocycles. The second-order valence-electron chi connectivity index (χ2n) is 11.5. The Kier molecular flexibility index (Phi) is 10.5. The molecular formula is C37H29ClN4O8S3. The van der Waals surface area contributed by atoms with Gasteiger partial charge in [-0.2, -0.15) is 0 Å². The number of esters is 2. The van der Waals surface area contributed by atoms with Crippen molar-refractivity contribution in [3.8, 4) is 0 Å². The second kappa shape index (κ2) is 15.1. The number of nitrogens with one attached hydrogen (secondary N) is 4. The summed E-state index contributed by atoms with van der Waals surface area (Å²) in [5.74, 6) is -1.23. The maximum atomic E-state index is 13.3. The molecule has 0 aliphatic carbocycles. The number of methoxy groups -OCH3 is 2. The molecule has 4 N–H and O–H groups in total. The summed E-state index contributed by atoms with van der Waals surface area (Å²) >= 11 is 11.6. The number of hydrogen-bond acceptors (Lipinski definition) is 9. The fourth-order valence-electron chi connectivity index (χ4n) is 5.31. The van der Waals surface area contributed by atoms with Crippen LogP contribution in [0.4, 0.5) is 22.7 Å². The van der Waals surface area contributed by atoms with Gasteiger partial charge in [0, 0.05) is 22.7 Å². The lowest BCUT2D eigenvalue weighted by Gasteiger charge is -2.13. The molecule has 12 nitrogen and oxygen atoms in total. The normalized spacial score (nSPS) is 11.5. The average Bonchev–Trinajstić information content (AvgIpc) is 3.14. The van der Waals surface area contributed by atoms with Gasteiger partial charge in [-0.25, -0.2) is 26.4 Å². The monoisotopic (exact) mass is 788 g/mol. The van der Waals surface area contributed by atoms with Crippen molar-refractivity contribution >= 4 is 105 Å². The van der Waals surface area contributed by atoms with Gasteiger partial charge in [-0.1, -0.05) is 35.9 Å². The summed E-state index contributed by atoms with van der Waals surface area (Å²) in [5.41, 5.74) is 1.89. The third-order valence-electron chi connectivity index (χ3n) is 7.94. The number of ether oxygens (including phenoxy) is 2. The third kappa shape index (κ3) is 8.50. The number of fused-ring (bicyclic) bond motifs is 2. The van der Waals surface area contributed by atoms with Gasteiger partial charge in [-0.15, -0.1) is 0 Å². The second-order valence-corrected chi connectivity index (χ2v) is 15.7. The number of carbonyl (C=O) groups is 2. The highest BCUT2D eigenvalue weighted by Crippen LogP contribution is 2.28. The fourth-order valence-corrected chi connectivity index (χ4v) is 7.92. The maximum absolute atomic E-state index is 13.3. The number of sulfonamides is 2. The molecule has 0 amide bonds. The van der Waals surface area contributed by atoms with Crippen molar-refractivity contribution in [1.29, 1.82) is 0 Å². The van der Waals surface area contributed by atoms with Gasteiger partial charge in [0.25, 0.3) is 20.0 Å². The largest absolute Gasteiger partial charge is 0.465 e.